The van der Waals surface area contributed by atoms with Crippen LogP contribution in [-0.2, 0) is 11.2 Å². The highest BCUT2D eigenvalue weighted by Crippen LogP contribution is 2.25. The number of benzene rings is 1. The Kier molecular flexibility index (Phi) is 5.00. The van der Waals surface area contributed by atoms with Crippen LogP contribution in [0.5, 0.6) is 5.75 Å². The number of hydrogen-bond acceptors (Lipinski definition) is 4. The summed E-state index contributed by atoms with van der Waals surface area (Å²) in [5.41, 5.74) is 1.82. The normalized spacial score (nSPS) is 10.4. The smallest absolute Gasteiger partial charge is 0.323 e. The average Bonchev–Trinajstić information content (AvgIpc) is 2.96. The molecular weight excluding hydrogens is 298 g/mol. The third-order valence-corrected chi connectivity index (χ3v) is 3.47. The van der Waals surface area contributed by atoms with Crippen LogP contribution in [0.4, 0.5) is 0 Å². The number of para-hydroxylation sites is 2. The number of carboxylic acid groups (broad SMARTS) is 1. The Morgan fingerprint density at radius 2 is 2.04 bits per heavy atom. The number of carbonyl (C=O) groups excluding carboxylic acids is 1. The van der Waals surface area contributed by atoms with E-state index in [1.165, 1.54) is 13.2 Å². The summed E-state index contributed by atoms with van der Waals surface area (Å²) in [6.45, 7) is 1.55. The van der Waals surface area contributed by atoms with E-state index in [1.807, 2.05) is 31.2 Å². The van der Waals surface area contributed by atoms with E-state index in [0.717, 1.165) is 10.6 Å². The van der Waals surface area contributed by atoms with Crippen molar-refractivity contribution in [3.8, 4) is 11.4 Å². The minimum Gasteiger partial charge on any atom is -0.494 e. The van der Waals surface area contributed by atoms with Crippen molar-refractivity contribution in [1.82, 2.24) is 14.7 Å². The van der Waals surface area contributed by atoms with Crippen molar-refractivity contribution in [2.24, 2.45) is 0 Å². The standard InChI is InChI=1S/C16H19N3O4/c1-4-12-11(16(22)18(2)10-15(20)21)9-17-19(12)13-7-5-6-8-14(13)23-3/h5-9H,4,10H2,1-3H3,(H,20,21). The van der Waals surface area contributed by atoms with Gasteiger partial charge in [-0.1, -0.05) is 19.1 Å². The van der Waals surface area contributed by atoms with Crippen molar-refractivity contribution in [1.29, 1.82) is 0 Å². The van der Waals surface area contributed by atoms with Crippen molar-refractivity contribution in [3.05, 3.63) is 41.7 Å². The minimum absolute atomic E-state index is 0.359. The van der Waals surface area contributed by atoms with Gasteiger partial charge in [-0.25, -0.2) is 4.68 Å². The lowest BCUT2D eigenvalue weighted by molar-refractivity contribution is -0.137. The molecule has 1 N–H and O–H groups in total. The van der Waals surface area contributed by atoms with Gasteiger partial charge >= 0.3 is 5.97 Å². The molecule has 1 aromatic carbocycles. The zero-order chi connectivity index (χ0) is 17.0. The number of methoxy groups -OCH3 is 1. The highest BCUT2D eigenvalue weighted by molar-refractivity contribution is 5.96. The van der Waals surface area contributed by atoms with Gasteiger partial charge in [0, 0.05) is 7.05 Å². The van der Waals surface area contributed by atoms with E-state index in [1.54, 1.807) is 11.8 Å². The molecule has 7 heteroatoms. The van der Waals surface area contributed by atoms with Gasteiger partial charge in [-0.2, -0.15) is 5.10 Å². The number of carbonyl (C=O) groups is 2. The Bertz CT molecular complexity index is 724. The second kappa shape index (κ2) is 6.95. The number of ether oxygens (including phenoxy) is 1. The summed E-state index contributed by atoms with van der Waals surface area (Å²) in [5.74, 6) is -0.787. The monoisotopic (exact) mass is 317 g/mol. The van der Waals surface area contributed by atoms with Crippen molar-refractivity contribution < 1.29 is 19.4 Å². The Hall–Kier alpha value is -2.83. The first-order chi connectivity index (χ1) is 11.0. The quantitative estimate of drug-likeness (QED) is 0.875. The van der Waals surface area contributed by atoms with Crippen LogP contribution in [0.1, 0.15) is 23.0 Å². The number of carboxylic acids is 1. The Morgan fingerprint density at radius 1 is 1.35 bits per heavy atom. The molecule has 0 atom stereocenters. The second-order valence-corrected chi connectivity index (χ2v) is 5.00. The molecule has 0 unspecified atom stereocenters. The molecule has 0 aliphatic rings. The molecule has 122 valence electrons. The minimum atomic E-state index is -1.06. The number of nitrogens with zero attached hydrogens (tertiary/aromatic N) is 3. The van der Waals surface area contributed by atoms with Crippen LogP contribution in [0, 0.1) is 0 Å². The molecule has 0 spiro atoms. The van der Waals surface area contributed by atoms with Gasteiger partial charge in [-0.3, -0.25) is 9.59 Å². The molecule has 23 heavy (non-hydrogen) atoms. The number of likely N-dealkylation sites (N-methyl/N-ethyl adjacent to an activating group) is 1. The van der Waals surface area contributed by atoms with Gasteiger partial charge in [-0.15, -0.1) is 0 Å². The third kappa shape index (κ3) is 3.33. The van der Waals surface area contributed by atoms with Crippen LogP contribution < -0.4 is 4.74 Å². The van der Waals surface area contributed by atoms with E-state index in [4.69, 9.17) is 9.84 Å². The van der Waals surface area contributed by atoms with Gasteiger partial charge in [0.1, 0.15) is 18.0 Å². The Morgan fingerprint density at radius 3 is 2.65 bits per heavy atom. The molecule has 1 aromatic heterocycles. The Labute approximate surface area is 134 Å². The van der Waals surface area contributed by atoms with E-state index in [9.17, 15) is 9.59 Å². The lowest BCUT2D eigenvalue weighted by atomic mass is 10.1. The molecule has 0 fully saturated rings. The molecule has 0 saturated carbocycles. The van der Waals surface area contributed by atoms with Crippen molar-refractivity contribution in [2.45, 2.75) is 13.3 Å². The predicted molar refractivity (Wildman–Crippen MR) is 84.1 cm³/mol. The number of aliphatic carboxylic acids is 1. The van der Waals surface area contributed by atoms with Crippen molar-refractivity contribution in [3.63, 3.8) is 0 Å². The first kappa shape index (κ1) is 16.5. The summed E-state index contributed by atoms with van der Waals surface area (Å²) in [4.78, 5) is 24.4. The fraction of sp³-hybridized carbons (Fsp3) is 0.312. The maximum absolute atomic E-state index is 12.4. The number of rotatable bonds is 6. The highest BCUT2D eigenvalue weighted by Gasteiger charge is 2.22. The lowest BCUT2D eigenvalue weighted by Gasteiger charge is -2.15. The van der Waals surface area contributed by atoms with Gasteiger partial charge in [-0.05, 0) is 18.6 Å². The van der Waals surface area contributed by atoms with E-state index in [2.05, 4.69) is 5.10 Å². The van der Waals surface area contributed by atoms with Gasteiger partial charge < -0.3 is 14.7 Å². The summed E-state index contributed by atoms with van der Waals surface area (Å²) in [5, 5.41) is 13.1. The van der Waals surface area contributed by atoms with Crippen LogP contribution in [0.2, 0.25) is 0 Å². The van der Waals surface area contributed by atoms with Gasteiger partial charge in [0.2, 0.25) is 0 Å². The summed E-state index contributed by atoms with van der Waals surface area (Å²) in [6, 6.07) is 7.37. The van der Waals surface area contributed by atoms with Crippen LogP contribution >= 0.6 is 0 Å². The lowest BCUT2D eigenvalue weighted by Crippen LogP contribution is -2.32. The maximum Gasteiger partial charge on any atom is 0.323 e. The fourth-order valence-corrected chi connectivity index (χ4v) is 2.39. The van der Waals surface area contributed by atoms with Crippen LogP contribution in [0.3, 0.4) is 0 Å². The van der Waals surface area contributed by atoms with Crippen molar-refractivity contribution >= 4 is 11.9 Å². The molecule has 1 amide bonds. The molecule has 0 aliphatic carbocycles. The van der Waals surface area contributed by atoms with Gasteiger partial charge in [0.05, 0.1) is 24.6 Å². The Balaban J connectivity index is 2.44. The number of amides is 1. The van der Waals surface area contributed by atoms with Crippen molar-refractivity contribution in [2.75, 3.05) is 20.7 Å². The zero-order valence-corrected chi connectivity index (χ0v) is 13.3. The average molecular weight is 317 g/mol. The third-order valence-electron chi connectivity index (χ3n) is 3.47. The number of aromatic nitrogens is 2. The summed E-state index contributed by atoms with van der Waals surface area (Å²) < 4.78 is 6.99. The van der Waals surface area contributed by atoms with Crippen LogP contribution in [0.25, 0.3) is 5.69 Å². The summed E-state index contributed by atoms with van der Waals surface area (Å²) in [6.07, 6.45) is 2.03. The SMILES string of the molecule is CCc1c(C(=O)N(C)CC(=O)O)cnn1-c1ccccc1OC. The van der Waals surface area contributed by atoms with Gasteiger partial charge in [0.25, 0.3) is 5.91 Å². The molecule has 0 bridgehead atoms. The number of hydrogen-bond donors (Lipinski definition) is 1. The predicted octanol–water partition coefficient (Wildman–Crippen LogP) is 1.60. The summed E-state index contributed by atoms with van der Waals surface area (Å²) in [7, 11) is 3.02. The topological polar surface area (TPSA) is 84.7 Å². The molecule has 2 rings (SSSR count). The molecule has 2 aromatic rings. The van der Waals surface area contributed by atoms with Gasteiger partial charge in [0.15, 0.2) is 0 Å². The van der Waals surface area contributed by atoms with E-state index in [0.29, 0.717) is 23.4 Å². The second-order valence-electron chi connectivity index (χ2n) is 5.00. The molecule has 0 radical (unpaired) electrons. The van der Waals surface area contributed by atoms with E-state index >= 15 is 0 Å². The first-order valence-electron chi connectivity index (χ1n) is 7.17. The molecular formula is C16H19N3O4. The zero-order valence-electron chi connectivity index (χ0n) is 13.3. The fourth-order valence-electron chi connectivity index (χ4n) is 2.39. The molecule has 0 saturated heterocycles. The van der Waals surface area contributed by atoms with Crippen LogP contribution in [0.15, 0.2) is 30.5 Å². The molecule has 7 nitrogen and oxygen atoms in total. The maximum atomic E-state index is 12.4. The first-order valence-corrected chi connectivity index (χ1v) is 7.17. The van der Waals surface area contributed by atoms with E-state index in [-0.39, 0.29) is 12.5 Å². The summed E-state index contributed by atoms with van der Waals surface area (Å²) >= 11 is 0. The molecule has 1 heterocycles. The highest BCUT2D eigenvalue weighted by atomic mass is 16.5. The van der Waals surface area contributed by atoms with Crippen LogP contribution in [-0.4, -0.2) is 52.4 Å². The largest absolute Gasteiger partial charge is 0.494 e. The molecule has 0 aliphatic heterocycles. The van der Waals surface area contributed by atoms with E-state index < -0.39 is 5.97 Å².